The number of carbonyl (C=O) groups excluding carboxylic acids is 2. The van der Waals surface area contributed by atoms with Gasteiger partial charge in [-0.15, -0.1) is 0 Å². The molecule has 3 aliphatic rings. The maximum absolute atomic E-state index is 13.6. The van der Waals surface area contributed by atoms with Crippen molar-refractivity contribution in [2.75, 3.05) is 24.0 Å². The van der Waals surface area contributed by atoms with Crippen LogP contribution < -0.4 is 15.1 Å². The van der Waals surface area contributed by atoms with Crippen molar-refractivity contribution >= 4 is 40.6 Å². The highest BCUT2D eigenvalue weighted by molar-refractivity contribution is 7.80. The second-order valence-corrected chi connectivity index (χ2v) is 7.83. The Labute approximate surface area is 176 Å². The lowest BCUT2D eigenvalue weighted by Crippen LogP contribution is -2.62. The molecule has 0 aromatic heterocycles. The molecule has 2 amide bonds. The maximum atomic E-state index is 13.6. The lowest BCUT2D eigenvalue weighted by molar-refractivity contribution is -0.555. The second-order valence-electron chi connectivity index (χ2n) is 7.43. The third kappa shape index (κ3) is 1.76. The number of ether oxygens (including phenoxy) is 1. The van der Waals surface area contributed by atoms with E-state index in [1.54, 1.807) is 55.6 Å². The number of anilines is 2. The molecular formula is C20H16N4O5S. The Kier molecular flexibility index (Phi) is 3.55. The molecule has 0 unspecified atom stereocenters. The number of methoxy groups -OCH3 is 1. The van der Waals surface area contributed by atoms with Gasteiger partial charge >= 0.3 is 11.6 Å². The van der Waals surface area contributed by atoms with Gasteiger partial charge in [0.25, 0.3) is 5.91 Å². The molecule has 3 atom stereocenters. The molecule has 152 valence electrons. The van der Waals surface area contributed by atoms with Crippen molar-refractivity contribution in [2.24, 2.45) is 0 Å². The fourth-order valence-electron chi connectivity index (χ4n) is 5.13. The number of thiocarbonyl (C=S) groups is 1. The normalized spacial score (nSPS) is 28.3. The predicted octanol–water partition coefficient (Wildman–Crippen LogP) is 1.92. The highest BCUT2D eigenvalue weighted by Crippen LogP contribution is 2.59. The molecule has 5 rings (SSSR count). The zero-order valence-electron chi connectivity index (χ0n) is 16.0. The molecule has 0 bridgehead atoms. The fraction of sp³-hybridized carbons (Fsp3) is 0.250. The van der Waals surface area contributed by atoms with Gasteiger partial charge in [0.15, 0.2) is 16.6 Å². The minimum absolute atomic E-state index is 0.116. The number of nitro groups is 1. The molecule has 0 aliphatic carbocycles. The molecule has 1 spiro atoms. The Morgan fingerprint density at radius 1 is 1.17 bits per heavy atom. The average molecular weight is 424 g/mol. The van der Waals surface area contributed by atoms with Crippen LogP contribution in [-0.4, -0.2) is 42.1 Å². The molecule has 9 nitrogen and oxygen atoms in total. The number of rotatable bonds is 1. The summed E-state index contributed by atoms with van der Waals surface area (Å²) in [6.07, 6.45) is -0.804. The lowest BCUT2D eigenvalue weighted by Gasteiger charge is -2.34. The Morgan fingerprint density at radius 2 is 1.77 bits per heavy atom. The zero-order chi connectivity index (χ0) is 21.4. The van der Waals surface area contributed by atoms with E-state index in [4.69, 9.17) is 17.0 Å². The van der Waals surface area contributed by atoms with Gasteiger partial charge in [-0.3, -0.25) is 19.8 Å². The van der Waals surface area contributed by atoms with E-state index in [2.05, 4.69) is 5.32 Å². The Balaban J connectivity index is 1.90. The molecule has 1 fully saturated rings. The minimum Gasteiger partial charge on any atom is -0.452 e. The molecule has 3 heterocycles. The number of benzene rings is 2. The number of hydrogen-bond acceptors (Lipinski definition) is 6. The zero-order valence-corrected chi connectivity index (χ0v) is 16.8. The van der Waals surface area contributed by atoms with Crippen molar-refractivity contribution in [2.45, 2.75) is 17.1 Å². The van der Waals surface area contributed by atoms with E-state index in [1.807, 2.05) is 0 Å². The quantitative estimate of drug-likeness (QED) is 0.424. The summed E-state index contributed by atoms with van der Waals surface area (Å²) >= 11 is 5.52. The van der Waals surface area contributed by atoms with Crippen LogP contribution in [0.1, 0.15) is 11.1 Å². The van der Waals surface area contributed by atoms with Gasteiger partial charge in [-0.25, -0.2) is 4.79 Å². The van der Waals surface area contributed by atoms with Crippen molar-refractivity contribution in [1.29, 1.82) is 0 Å². The molecule has 30 heavy (non-hydrogen) atoms. The standard InChI is InChI=1S/C20H16N4O5S/c1-22-13-9-5-3-7-11(13)19(17(22)25)15-20(24(27)28,16(30)21-19)12-8-4-6-10-14(12)23(15)18(26)29-2/h3-10,15H,1-2H3,(H,21,30)/t15-,19+,20+/m1/s1. The number of nitrogens with one attached hydrogen (secondary N) is 1. The van der Waals surface area contributed by atoms with Gasteiger partial charge in [-0.05, 0) is 18.2 Å². The summed E-state index contributed by atoms with van der Waals surface area (Å²) in [5.41, 5.74) is -1.95. The molecule has 3 aliphatic heterocycles. The first-order chi connectivity index (χ1) is 14.3. The molecule has 1 N–H and O–H groups in total. The van der Waals surface area contributed by atoms with Crippen molar-refractivity contribution < 1.29 is 19.2 Å². The van der Waals surface area contributed by atoms with E-state index in [9.17, 15) is 19.7 Å². The van der Waals surface area contributed by atoms with E-state index in [1.165, 1.54) is 16.9 Å². The number of nitrogens with zero attached hydrogens (tertiary/aromatic N) is 3. The monoisotopic (exact) mass is 424 g/mol. The second kappa shape index (κ2) is 5.76. The van der Waals surface area contributed by atoms with Crippen LogP contribution in [0.15, 0.2) is 48.5 Å². The predicted molar refractivity (Wildman–Crippen MR) is 111 cm³/mol. The van der Waals surface area contributed by atoms with Crippen LogP contribution >= 0.6 is 12.2 Å². The number of fused-ring (bicyclic) bond motifs is 6. The van der Waals surface area contributed by atoms with Crippen LogP contribution in [0.25, 0.3) is 0 Å². The van der Waals surface area contributed by atoms with E-state index >= 15 is 0 Å². The number of amides is 2. The van der Waals surface area contributed by atoms with E-state index in [0.29, 0.717) is 16.9 Å². The summed E-state index contributed by atoms with van der Waals surface area (Å²) in [5, 5.41) is 15.6. The molecule has 0 radical (unpaired) electrons. The number of para-hydroxylation sites is 2. The van der Waals surface area contributed by atoms with Crippen molar-refractivity contribution in [3.63, 3.8) is 0 Å². The summed E-state index contributed by atoms with van der Waals surface area (Å²) in [5.74, 6) is -0.429. The van der Waals surface area contributed by atoms with Gasteiger partial charge in [0, 0.05) is 23.2 Å². The van der Waals surface area contributed by atoms with Crippen LogP contribution in [-0.2, 0) is 20.6 Å². The molecule has 2 aromatic carbocycles. The maximum Gasteiger partial charge on any atom is 0.414 e. The van der Waals surface area contributed by atoms with Crippen LogP contribution in [0.2, 0.25) is 0 Å². The van der Waals surface area contributed by atoms with E-state index in [-0.39, 0.29) is 10.6 Å². The smallest absolute Gasteiger partial charge is 0.414 e. The highest BCUT2D eigenvalue weighted by Gasteiger charge is 2.81. The summed E-state index contributed by atoms with van der Waals surface area (Å²) in [6, 6.07) is 12.2. The van der Waals surface area contributed by atoms with Crippen molar-refractivity contribution in [3.05, 3.63) is 69.8 Å². The van der Waals surface area contributed by atoms with Crippen molar-refractivity contribution in [3.8, 4) is 0 Å². The minimum atomic E-state index is -1.99. The van der Waals surface area contributed by atoms with Gasteiger partial charge in [-0.1, -0.05) is 42.5 Å². The topological polar surface area (TPSA) is 105 Å². The average Bonchev–Trinajstić information content (AvgIpc) is 3.29. The number of hydrogen-bond donors (Lipinski definition) is 1. The van der Waals surface area contributed by atoms with Gasteiger partial charge in [-0.2, -0.15) is 0 Å². The third-order valence-corrected chi connectivity index (χ3v) is 6.70. The highest BCUT2D eigenvalue weighted by atomic mass is 32.1. The van der Waals surface area contributed by atoms with E-state index < -0.39 is 34.0 Å². The summed E-state index contributed by atoms with van der Waals surface area (Å²) in [4.78, 5) is 41.2. The molecule has 0 saturated carbocycles. The molecule has 2 aromatic rings. The summed E-state index contributed by atoms with van der Waals surface area (Å²) in [7, 11) is 2.79. The Morgan fingerprint density at radius 3 is 2.40 bits per heavy atom. The molecular weight excluding hydrogens is 408 g/mol. The van der Waals surface area contributed by atoms with Gasteiger partial charge < -0.3 is 15.0 Å². The summed E-state index contributed by atoms with van der Waals surface area (Å²) in [6.45, 7) is 0. The molecule has 1 saturated heterocycles. The number of likely N-dealkylation sites (N-methyl/N-ethyl adjacent to an activating group) is 1. The fourth-order valence-corrected chi connectivity index (χ4v) is 5.59. The van der Waals surface area contributed by atoms with Crippen LogP contribution in [0, 0.1) is 10.1 Å². The van der Waals surface area contributed by atoms with Crippen LogP contribution in [0.5, 0.6) is 0 Å². The van der Waals surface area contributed by atoms with E-state index in [0.717, 1.165) is 0 Å². The van der Waals surface area contributed by atoms with Gasteiger partial charge in [0.1, 0.15) is 0 Å². The molecule has 10 heteroatoms. The lowest BCUT2D eigenvalue weighted by atomic mass is 9.77. The SMILES string of the molecule is COC(=O)N1c2ccccc2[C@@]2([N+](=O)[O-])C(=S)N[C@]3(C(=O)N(C)c4ccccc43)[C@@H]12. The van der Waals surface area contributed by atoms with Crippen LogP contribution in [0.3, 0.4) is 0 Å². The van der Waals surface area contributed by atoms with Gasteiger partial charge in [0.05, 0.1) is 18.4 Å². The summed E-state index contributed by atoms with van der Waals surface area (Å²) < 4.78 is 4.98. The van der Waals surface area contributed by atoms with Gasteiger partial charge in [0.2, 0.25) is 0 Å². The first-order valence-electron chi connectivity index (χ1n) is 9.15. The largest absolute Gasteiger partial charge is 0.452 e. The number of carbonyl (C=O) groups is 2. The Hall–Kier alpha value is -3.53. The Bertz CT molecular complexity index is 1170. The first-order valence-corrected chi connectivity index (χ1v) is 9.55. The van der Waals surface area contributed by atoms with Crippen molar-refractivity contribution in [1.82, 2.24) is 5.32 Å². The third-order valence-electron chi connectivity index (χ3n) is 6.29. The first kappa shape index (κ1) is 18.5. The van der Waals surface area contributed by atoms with Crippen LogP contribution in [0.4, 0.5) is 16.2 Å².